The third kappa shape index (κ3) is 6.97. The van der Waals surface area contributed by atoms with Crippen LogP contribution in [0.3, 0.4) is 0 Å². The first-order chi connectivity index (χ1) is 33.0. The lowest BCUT2D eigenvalue weighted by Gasteiger charge is -2.32. The van der Waals surface area contributed by atoms with Gasteiger partial charge in [0.15, 0.2) is 0 Å². The molecule has 1 aliphatic carbocycles. The SMILES string of the molecule is O=P1(c2ccccc2)Oc2cc3c4cc2Cc2cc5c(cc2O1)OP(=O)(c1ccccc1)Oc1cc2c(cc1C5)Cc1cc(c(cc1OP(=O)(c1ccccc1)O2)OP(=O)(c1ccccc1)O3)C4. The predicted molar refractivity (Wildman–Crippen MR) is 257 cm³/mol. The Labute approximate surface area is 390 Å². The van der Waals surface area contributed by atoms with Gasteiger partial charge < -0.3 is 36.2 Å². The molecule has 0 aromatic heterocycles. The molecule has 12 nitrogen and oxygen atoms in total. The minimum absolute atomic E-state index is 0.193. The normalized spacial score (nSPS) is 23.3. The molecule has 336 valence electrons. The molecule has 0 amide bonds. The third-order valence-electron chi connectivity index (χ3n) is 12.5. The number of hydrogen-bond donors (Lipinski definition) is 0. The maximum absolute atomic E-state index is 15.5. The molecule has 0 radical (unpaired) electrons. The first-order valence-corrected chi connectivity index (χ1v) is 28.0. The van der Waals surface area contributed by atoms with Crippen LogP contribution in [-0.4, -0.2) is 0 Å². The summed E-state index contributed by atoms with van der Waals surface area (Å²) in [6.07, 6.45) is 0.906. The van der Waals surface area contributed by atoms with Crippen molar-refractivity contribution in [3.63, 3.8) is 0 Å². The minimum Gasteiger partial charge on any atom is -0.412 e. The zero-order valence-electron chi connectivity index (χ0n) is 35.7. The Bertz CT molecular complexity index is 3010. The van der Waals surface area contributed by atoms with Gasteiger partial charge in [0, 0.05) is 49.9 Å². The highest BCUT2D eigenvalue weighted by molar-refractivity contribution is 7.64. The van der Waals surface area contributed by atoms with Gasteiger partial charge in [0.1, 0.15) is 46.0 Å². The van der Waals surface area contributed by atoms with Crippen molar-refractivity contribution in [2.45, 2.75) is 25.7 Å². The summed E-state index contributed by atoms with van der Waals surface area (Å²) in [5.41, 5.74) is 5.15. The molecule has 0 unspecified atom stereocenters. The fourth-order valence-corrected chi connectivity index (χ4v) is 15.8. The average Bonchev–Trinajstić information content (AvgIpc) is 3.33. The van der Waals surface area contributed by atoms with Gasteiger partial charge in [-0.2, -0.15) is 0 Å². The van der Waals surface area contributed by atoms with Gasteiger partial charge in [0.2, 0.25) is 0 Å². The van der Waals surface area contributed by atoms with Crippen LogP contribution >= 0.6 is 30.4 Å². The minimum atomic E-state index is -4.30. The molecule has 0 saturated carbocycles. The van der Waals surface area contributed by atoms with Crippen LogP contribution in [-0.2, 0) is 43.9 Å². The molecular formula is C52H36O12P4. The van der Waals surface area contributed by atoms with Gasteiger partial charge in [-0.1, -0.05) is 72.8 Å². The average molecular weight is 977 g/mol. The quantitative estimate of drug-likeness (QED) is 0.155. The highest BCUT2D eigenvalue weighted by Crippen LogP contribution is 2.61. The van der Waals surface area contributed by atoms with E-state index >= 15 is 18.3 Å². The molecule has 4 heterocycles. The van der Waals surface area contributed by atoms with Crippen LogP contribution in [0.2, 0.25) is 0 Å². The Morgan fingerprint density at radius 2 is 0.397 bits per heavy atom. The Morgan fingerprint density at radius 1 is 0.235 bits per heavy atom. The van der Waals surface area contributed by atoms with Gasteiger partial charge in [0.25, 0.3) is 0 Å². The van der Waals surface area contributed by atoms with Crippen molar-refractivity contribution >= 4 is 51.6 Å². The Morgan fingerprint density at radius 3 is 0.559 bits per heavy atom. The fourth-order valence-electron chi connectivity index (χ4n) is 9.21. The molecule has 8 aromatic rings. The van der Waals surface area contributed by atoms with Crippen molar-refractivity contribution in [3.05, 3.63) is 214 Å². The molecular weight excluding hydrogens is 940 g/mol. The van der Waals surface area contributed by atoms with E-state index in [4.69, 9.17) is 36.2 Å². The van der Waals surface area contributed by atoms with Crippen LogP contribution in [0, 0.1) is 0 Å². The van der Waals surface area contributed by atoms with Gasteiger partial charge in [0.05, 0.1) is 21.2 Å². The monoisotopic (exact) mass is 976 g/mol. The highest BCUT2D eigenvalue weighted by atomic mass is 31.2. The molecule has 68 heavy (non-hydrogen) atoms. The molecule has 5 aliphatic rings. The molecule has 8 bridgehead atoms. The Kier molecular flexibility index (Phi) is 9.29. The molecule has 16 heteroatoms. The predicted octanol–water partition coefficient (Wildman–Crippen LogP) is 11.5. The van der Waals surface area contributed by atoms with E-state index in [9.17, 15) is 0 Å². The van der Waals surface area contributed by atoms with Gasteiger partial charge in [-0.25, -0.2) is 18.3 Å². The second kappa shape index (κ2) is 15.3. The number of hydrogen-bond acceptors (Lipinski definition) is 12. The van der Waals surface area contributed by atoms with Crippen LogP contribution in [0.4, 0.5) is 0 Å². The van der Waals surface area contributed by atoms with E-state index in [-0.39, 0.29) is 92.9 Å². The zero-order valence-corrected chi connectivity index (χ0v) is 39.3. The van der Waals surface area contributed by atoms with Crippen LogP contribution in [0.25, 0.3) is 0 Å². The number of rotatable bonds is 4. The van der Waals surface area contributed by atoms with Crippen molar-refractivity contribution in [1.82, 2.24) is 0 Å². The smallest absolute Gasteiger partial charge is 0.412 e. The van der Waals surface area contributed by atoms with E-state index in [0.29, 0.717) is 44.5 Å². The second-order valence-electron chi connectivity index (χ2n) is 17.0. The van der Waals surface area contributed by atoms with Crippen LogP contribution < -0.4 is 57.4 Å². The Hall–Kier alpha value is -6.92. The summed E-state index contributed by atoms with van der Waals surface area (Å²) in [5.74, 6) is 1.55. The lowest BCUT2D eigenvalue weighted by Crippen LogP contribution is -2.21. The number of benzene rings is 8. The van der Waals surface area contributed by atoms with Crippen molar-refractivity contribution in [2.24, 2.45) is 0 Å². The fraction of sp³-hybridized carbons (Fsp3) is 0.0769. The van der Waals surface area contributed by atoms with E-state index in [1.807, 2.05) is 24.3 Å². The molecule has 0 spiro atoms. The summed E-state index contributed by atoms with van der Waals surface area (Å²) in [6.45, 7) is 0. The maximum atomic E-state index is 15.5. The molecule has 4 aliphatic heterocycles. The maximum Gasteiger partial charge on any atom is 0.462 e. The van der Waals surface area contributed by atoms with E-state index in [0.717, 1.165) is 0 Å². The molecule has 8 aromatic carbocycles. The largest absolute Gasteiger partial charge is 0.462 e. The second-order valence-corrected chi connectivity index (χ2v) is 24.5. The highest BCUT2D eigenvalue weighted by Gasteiger charge is 2.43. The molecule has 0 N–H and O–H groups in total. The molecule has 0 fully saturated rings. The summed E-state index contributed by atoms with van der Waals surface area (Å²) in [4.78, 5) is 0. The summed E-state index contributed by atoms with van der Waals surface area (Å²) in [7, 11) is -17.2. The standard InChI is InChI=1S/C52H36O12P4/c53-65(41-13-5-1-6-14-41)57-45-29-47-35-22-37-27-39-24-40-28-38-23-36-26-34(21-33(45)25-35)46(58-65)30-48(36)60-67(55,43-17-9-3-10-18-43)62-50(38)32-52(40)64-68(56,44-19-11-4-12-20-44)63-51(39)31-49(37)61-66(54,59-47)42-15-7-2-8-16-42/h1-20,25-32H,21-24H2. The van der Waals surface area contributed by atoms with Crippen LogP contribution in [0.1, 0.15) is 44.5 Å². The third-order valence-corrected chi connectivity index (χ3v) is 19.8. The topological polar surface area (TPSA) is 142 Å². The van der Waals surface area contributed by atoms with Crippen molar-refractivity contribution < 1.29 is 54.5 Å². The summed E-state index contributed by atoms with van der Waals surface area (Å²) < 4.78 is 115. The lowest BCUT2D eigenvalue weighted by molar-refractivity contribution is 0.379. The first-order valence-electron chi connectivity index (χ1n) is 21.8. The van der Waals surface area contributed by atoms with Crippen LogP contribution in [0.5, 0.6) is 46.0 Å². The van der Waals surface area contributed by atoms with Gasteiger partial charge in [-0.3, -0.25) is 0 Å². The molecule has 13 rings (SSSR count). The van der Waals surface area contributed by atoms with Crippen molar-refractivity contribution in [1.29, 1.82) is 0 Å². The van der Waals surface area contributed by atoms with E-state index < -0.39 is 30.4 Å². The van der Waals surface area contributed by atoms with E-state index in [2.05, 4.69) is 0 Å². The van der Waals surface area contributed by atoms with E-state index in [1.165, 1.54) is 0 Å². The zero-order chi connectivity index (χ0) is 45.8. The van der Waals surface area contributed by atoms with Crippen LogP contribution in [0.15, 0.2) is 170 Å². The molecule has 0 atom stereocenters. The van der Waals surface area contributed by atoms with E-state index in [1.54, 1.807) is 146 Å². The van der Waals surface area contributed by atoms with Crippen molar-refractivity contribution in [2.75, 3.05) is 0 Å². The summed E-state index contributed by atoms with van der Waals surface area (Å²) >= 11 is 0. The van der Waals surface area contributed by atoms with Gasteiger partial charge in [-0.05, 0) is 117 Å². The lowest BCUT2D eigenvalue weighted by atomic mass is 9.91. The van der Waals surface area contributed by atoms with Gasteiger partial charge >= 0.3 is 30.4 Å². The molecule has 0 saturated heterocycles. The van der Waals surface area contributed by atoms with Gasteiger partial charge in [-0.15, -0.1) is 0 Å². The first kappa shape index (κ1) is 41.3. The summed E-state index contributed by atoms with van der Waals surface area (Å²) in [5, 5.41) is 1.09. The Balaban J connectivity index is 1.12. The van der Waals surface area contributed by atoms with Crippen molar-refractivity contribution in [3.8, 4) is 46.0 Å². The summed E-state index contributed by atoms with van der Waals surface area (Å²) in [6, 6.07) is 48.5.